The molecule has 7 nitrogen and oxygen atoms in total. The number of aromatic nitrogens is 4. The summed E-state index contributed by atoms with van der Waals surface area (Å²) in [4.78, 5) is 21.9. The van der Waals surface area contributed by atoms with Gasteiger partial charge >= 0.3 is 0 Å². The van der Waals surface area contributed by atoms with E-state index in [-0.39, 0.29) is 18.2 Å². The molecule has 1 atom stereocenters. The van der Waals surface area contributed by atoms with Gasteiger partial charge in [-0.15, -0.1) is 0 Å². The van der Waals surface area contributed by atoms with Gasteiger partial charge in [0, 0.05) is 18.8 Å². The van der Waals surface area contributed by atoms with Crippen LogP contribution in [0, 0.1) is 6.92 Å². The van der Waals surface area contributed by atoms with E-state index in [1.165, 1.54) is 11.8 Å². The topological polar surface area (TPSA) is 87.0 Å². The van der Waals surface area contributed by atoms with Crippen molar-refractivity contribution in [2.75, 3.05) is 11.5 Å². The summed E-state index contributed by atoms with van der Waals surface area (Å²) in [6.07, 6.45) is 2.41. The second-order valence-electron chi connectivity index (χ2n) is 6.61. The standard InChI is InChI=1S/C19H25N5O2/c1-5-14-8-6-7-12(2)17(14)24(13(3)11-25)10-16-21-18-15(19(26)22-16)9-20-23(18)4/h6-9,13,25H,5,10-11H2,1-4H3,(H,21,22,26). The molecule has 3 aromatic rings. The van der Waals surface area contributed by atoms with Gasteiger partial charge < -0.3 is 15.0 Å². The van der Waals surface area contributed by atoms with Gasteiger partial charge in [0.25, 0.3) is 5.56 Å². The van der Waals surface area contributed by atoms with E-state index in [4.69, 9.17) is 0 Å². The maximum Gasteiger partial charge on any atom is 0.262 e. The highest BCUT2D eigenvalue weighted by Gasteiger charge is 2.20. The van der Waals surface area contributed by atoms with Crippen molar-refractivity contribution in [3.63, 3.8) is 0 Å². The van der Waals surface area contributed by atoms with E-state index in [0.29, 0.717) is 23.4 Å². The van der Waals surface area contributed by atoms with Gasteiger partial charge in [0.05, 0.1) is 19.3 Å². The Hall–Kier alpha value is -2.67. The summed E-state index contributed by atoms with van der Waals surface area (Å²) in [5, 5.41) is 14.4. The average molecular weight is 355 g/mol. The first-order valence-electron chi connectivity index (χ1n) is 8.83. The number of aryl methyl sites for hydroxylation is 3. The average Bonchev–Trinajstić information content (AvgIpc) is 3.01. The van der Waals surface area contributed by atoms with Crippen LogP contribution in [0.5, 0.6) is 0 Å². The second kappa shape index (κ2) is 7.29. The van der Waals surface area contributed by atoms with Crippen LogP contribution < -0.4 is 10.5 Å². The molecule has 26 heavy (non-hydrogen) atoms. The molecule has 0 aliphatic carbocycles. The third-order valence-corrected chi connectivity index (χ3v) is 4.76. The fourth-order valence-corrected chi connectivity index (χ4v) is 3.28. The predicted octanol–water partition coefficient (Wildman–Crippen LogP) is 1.91. The molecule has 3 rings (SSSR count). The fraction of sp³-hybridized carbons (Fsp3) is 0.421. The van der Waals surface area contributed by atoms with Crippen molar-refractivity contribution in [1.82, 2.24) is 19.7 Å². The molecule has 0 aliphatic rings. The van der Waals surface area contributed by atoms with E-state index < -0.39 is 0 Å². The normalized spacial score (nSPS) is 12.5. The van der Waals surface area contributed by atoms with E-state index in [2.05, 4.69) is 45.9 Å². The third-order valence-electron chi connectivity index (χ3n) is 4.76. The zero-order chi connectivity index (χ0) is 18.8. The minimum Gasteiger partial charge on any atom is -0.394 e. The van der Waals surface area contributed by atoms with Crippen LogP contribution >= 0.6 is 0 Å². The quantitative estimate of drug-likeness (QED) is 0.705. The number of benzene rings is 1. The minimum atomic E-state index is -0.199. The molecule has 0 amide bonds. The third kappa shape index (κ3) is 3.22. The maximum atomic E-state index is 12.3. The van der Waals surface area contributed by atoms with Gasteiger partial charge in [-0.2, -0.15) is 5.10 Å². The lowest BCUT2D eigenvalue weighted by atomic mass is 10.0. The highest BCUT2D eigenvalue weighted by Crippen LogP contribution is 2.28. The number of nitrogens with zero attached hydrogens (tertiary/aromatic N) is 4. The van der Waals surface area contributed by atoms with Gasteiger partial charge in [-0.1, -0.05) is 25.1 Å². The van der Waals surface area contributed by atoms with Crippen LogP contribution in [0.4, 0.5) is 5.69 Å². The number of H-pyrrole nitrogens is 1. The summed E-state index contributed by atoms with van der Waals surface area (Å²) >= 11 is 0. The molecule has 0 saturated heterocycles. The van der Waals surface area contributed by atoms with Crippen LogP contribution in [-0.4, -0.2) is 37.5 Å². The number of hydrogen-bond donors (Lipinski definition) is 2. The van der Waals surface area contributed by atoms with Crippen molar-refractivity contribution < 1.29 is 5.11 Å². The summed E-state index contributed by atoms with van der Waals surface area (Å²) in [5.41, 5.74) is 3.78. The van der Waals surface area contributed by atoms with Gasteiger partial charge in [0.15, 0.2) is 5.65 Å². The zero-order valence-electron chi connectivity index (χ0n) is 15.7. The van der Waals surface area contributed by atoms with Crippen LogP contribution in [0.15, 0.2) is 29.2 Å². The van der Waals surface area contributed by atoms with Crippen molar-refractivity contribution >= 4 is 16.7 Å². The Morgan fingerprint density at radius 1 is 1.38 bits per heavy atom. The molecule has 0 spiro atoms. The van der Waals surface area contributed by atoms with Crippen LogP contribution in [0.25, 0.3) is 11.0 Å². The van der Waals surface area contributed by atoms with Crippen LogP contribution in [-0.2, 0) is 20.0 Å². The molecule has 0 saturated carbocycles. The first-order chi connectivity index (χ1) is 12.5. The summed E-state index contributed by atoms with van der Waals surface area (Å²) in [5.74, 6) is 0.553. The zero-order valence-corrected chi connectivity index (χ0v) is 15.7. The Labute approximate surface area is 152 Å². The first kappa shape index (κ1) is 18.1. The van der Waals surface area contributed by atoms with Crippen molar-refractivity contribution in [3.8, 4) is 0 Å². The molecule has 0 fully saturated rings. The number of aliphatic hydroxyl groups excluding tert-OH is 1. The van der Waals surface area contributed by atoms with Gasteiger partial charge in [0.2, 0.25) is 0 Å². The van der Waals surface area contributed by atoms with E-state index in [9.17, 15) is 9.90 Å². The van der Waals surface area contributed by atoms with Crippen LogP contribution in [0.2, 0.25) is 0 Å². The molecule has 2 aromatic heterocycles. The number of aliphatic hydroxyl groups is 1. The lowest BCUT2D eigenvalue weighted by molar-refractivity contribution is 0.265. The second-order valence-corrected chi connectivity index (χ2v) is 6.61. The van der Waals surface area contributed by atoms with Gasteiger partial charge in [-0.25, -0.2) is 4.98 Å². The van der Waals surface area contributed by atoms with E-state index in [1.54, 1.807) is 11.7 Å². The number of hydrogen-bond acceptors (Lipinski definition) is 5. The molecule has 2 heterocycles. The molecule has 0 bridgehead atoms. The van der Waals surface area contributed by atoms with Gasteiger partial charge in [-0.3, -0.25) is 9.48 Å². The van der Waals surface area contributed by atoms with Gasteiger partial charge in [0.1, 0.15) is 11.2 Å². The Kier molecular flexibility index (Phi) is 5.08. The molecular weight excluding hydrogens is 330 g/mol. The number of fused-ring (bicyclic) bond motifs is 1. The van der Waals surface area contributed by atoms with Gasteiger partial charge in [-0.05, 0) is 31.4 Å². The van der Waals surface area contributed by atoms with E-state index >= 15 is 0 Å². The lowest BCUT2D eigenvalue weighted by Gasteiger charge is -2.33. The van der Waals surface area contributed by atoms with Crippen molar-refractivity contribution in [2.45, 2.75) is 39.8 Å². The highest BCUT2D eigenvalue weighted by molar-refractivity contribution is 5.73. The number of rotatable bonds is 6. The smallest absolute Gasteiger partial charge is 0.262 e. The van der Waals surface area contributed by atoms with Crippen molar-refractivity contribution in [2.24, 2.45) is 7.05 Å². The SMILES string of the molecule is CCc1cccc(C)c1N(Cc1nc2c(cnn2C)c(=O)[nH]1)C(C)CO. The van der Waals surface area contributed by atoms with Crippen LogP contribution in [0.1, 0.15) is 30.8 Å². The number of nitrogens with one attached hydrogen (secondary N) is 1. The number of para-hydroxylation sites is 1. The molecule has 7 heteroatoms. The number of anilines is 1. The Morgan fingerprint density at radius 3 is 2.85 bits per heavy atom. The highest BCUT2D eigenvalue weighted by atomic mass is 16.3. The fourth-order valence-electron chi connectivity index (χ4n) is 3.28. The maximum absolute atomic E-state index is 12.3. The molecular formula is C19H25N5O2. The summed E-state index contributed by atoms with van der Waals surface area (Å²) in [6.45, 7) is 6.55. The summed E-state index contributed by atoms with van der Waals surface area (Å²) in [6, 6.07) is 6.08. The molecule has 2 N–H and O–H groups in total. The molecule has 0 aliphatic heterocycles. The van der Waals surface area contributed by atoms with Crippen molar-refractivity contribution in [3.05, 3.63) is 51.7 Å². The van der Waals surface area contributed by atoms with E-state index in [1.807, 2.05) is 13.0 Å². The molecule has 1 aromatic carbocycles. The lowest BCUT2D eigenvalue weighted by Crippen LogP contribution is -2.37. The molecule has 0 radical (unpaired) electrons. The Balaban J connectivity index is 2.09. The van der Waals surface area contributed by atoms with Crippen LogP contribution in [0.3, 0.4) is 0 Å². The summed E-state index contributed by atoms with van der Waals surface area (Å²) < 4.78 is 1.60. The largest absolute Gasteiger partial charge is 0.394 e. The summed E-state index contributed by atoms with van der Waals surface area (Å²) in [7, 11) is 1.77. The Morgan fingerprint density at radius 2 is 2.15 bits per heavy atom. The first-order valence-corrected chi connectivity index (χ1v) is 8.83. The van der Waals surface area contributed by atoms with E-state index in [0.717, 1.165) is 17.7 Å². The van der Waals surface area contributed by atoms with Crippen molar-refractivity contribution in [1.29, 1.82) is 0 Å². The molecule has 138 valence electrons. The number of aromatic amines is 1. The predicted molar refractivity (Wildman–Crippen MR) is 102 cm³/mol. The Bertz CT molecular complexity index is 976. The molecule has 1 unspecified atom stereocenters. The monoisotopic (exact) mass is 355 g/mol. The minimum absolute atomic E-state index is 0.00960.